The van der Waals surface area contributed by atoms with Crippen molar-refractivity contribution in [3.8, 4) is 0 Å². The minimum absolute atomic E-state index is 0.00568. The van der Waals surface area contributed by atoms with Crippen LogP contribution < -0.4 is 5.73 Å². The minimum atomic E-state index is -0.00568. The molecular weight excluding hydrogens is 230 g/mol. The van der Waals surface area contributed by atoms with Gasteiger partial charge < -0.3 is 20.3 Å². The van der Waals surface area contributed by atoms with Gasteiger partial charge in [-0.15, -0.1) is 0 Å². The average Bonchev–Trinajstić information content (AvgIpc) is 2.39. The molecule has 2 amide bonds. The Morgan fingerprint density at radius 3 is 2.61 bits per heavy atom. The number of carbonyl (C=O) groups excluding carboxylic acids is 1. The molecule has 0 radical (unpaired) electrons. The summed E-state index contributed by atoms with van der Waals surface area (Å²) in [5.41, 5.74) is 5.63. The number of likely N-dealkylation sites (tertiary alicyclic amines) is 1. The van der Waals surface area contributed by atoms with Gasteiger partial charge in [0.1, 0.15) is 0 Å². The first-order valence-electron chi connectivity index (χ1n) is 6.99. The lowest BCUT2D eigenvalue weighted by molar-refractivity contribution is -0.0423. The van der Waals surface area contributed by atoms with Gasteiger partial charge >= 0.3 is 6.03 Å². The van der Waals surface area contributed by atoms with Crippen LogP contribution in [0.3, 0.4) is 0 Å². The molecule has 0 aromatic rings. The lowest BCUT2D eigenvalue weighted by Gasteiger charge is -2.41. The Kier molecular flexibility index (Phi) is 4.45. The van der Waals surface area contributed by atoms with Gasteiger partial charge in [0.2, 0.25) is 0 Å². The topological polar surface area (TPSA) is 58.8 Å². The first-order valence-corrected chi connectivity index (χ1v) is 6.99. The van der Waals surface area contributed by atoms with Gasteiger partial charge in [-0.3, -0.25) is 0 Å². The largest absolute Gasteiger partial charge is 0.373 e. The molecule has 2 aliphatic rings. The fourth-order valence-corrected chi connectivity index (χ4v) is 2.61. The van der Waals surface area contributed by atoms with Crippen LogP contribution in [0.15, 0.2) is 0 Å². The van der Waals surface area contributed by atoms with Gasteiger partial charge in [0.15, 0.2) is 0 Å². The number of ether oxygens (including phenoxy) is 1. The Bertz CT molecular complexity index is 290. The molecule has 2 saturated heterocycles. The van der Waals surface area contributed by atoms with Crippen LogP contribution in [0.25, 0.3) is 0 Å². The highest BCUT2D eigenvalue weighted by molar-refractivity contribution is 5.75. The quantitative estimate of drug-likeness (QED) is 0.757. The summed E-state index contributed by atoms with van der Waals surface area (Å²) in [5, 5.41) is 0. The number of nitrogens with two attached hydrogens (primary N) is 1. The first kappa shape index (κ1) is 13.6. The molecule has 2 aliphatic heterocycles. The molecule has 0 bridgehead atoms. The van der Waals surface area contributed by atoms with E-state index in [9.17, 15) is 4.79 Å². The van der Waals surface area contributed by atoms with Gasteiger partial charge in [-0.2, -0.15) is 0 Å². The summed E-state index contributed by atoms with van der Waals surface area (Å²) in [6.45, 7) is 7.77. The molecule has 2 fully saturated rings. The molecule has 2 rings (SSSR count). The molecule has 5 heteroatoms. The van der Waals surface area contributed by atoms with Gasteiger partial charge in [0.05, 0.1) is 25.3 Å². The molecular formula is C13H25N3O2. The Morgan fingerprint density at radius 2 is 2.00 bits per heavy atom. The van der Waals surface area contributed by atoms with Crippen LogP contribution >= 0.6 is 0 Å². The van der Waals surface area contributed by atoms with Crippen molar-refractivity contribution >= 4 is 6.03 Å². The fourth-order valence-electron chi connectivity index (χ4n) is 2.61. The minimum Gasteiger partial charge on any atom is -0.373 e. The van der Waals surface area contributed by atoms with E-state index in [0.29, 0.717) is 19.7 Å². The summed E-state index contributed by atoms with van der Waals surface area (Å²) < 4.78 is 5.59. The summed E-state index contributed by atoms with van der Waals surface area (Å²) in [6, 6.07) is 0.316. The van der Waals surface area contributed by atoms with E-state index in [1.807, 2.05) is 16.7 Å². The molecule has 18 heavy (non-hydrogen) atoms. The second-order valence-electron chi connectivity index (χ2n) is 5.64. The number of carbonyl (C=O) groups is 1. The number of morpholine rings is 1. The zero-order valence-corrected chi connectivity index (χ0v) is 11.5. The molecule has 2 heterocycles. The predicted octanol–water partition coefficient (Wildman–Crippen LogP) is 0.886. The van der Waals surface area contributed by atoms with Gasteiger partial charge in [-0.05, 0) is 25.7 Å². The lowest BCUT2D eigenvalue weighted by Crippen LogP contribution is -2.57. The molecule has 2 N–H and O–H groups in total. The molecule has 104 valence electrons. The third-order valence-corrected chi connectivity index (χ3v) is 4.07. The number of amides is 2. The smallest absolute Gasteiger partial charge is 0.320 e. The number of piperidine rings is 1. The second kappa shape index (κ2) is 5.89. The molecule has 5 nitrogen and oxygen atoms in total. The van der Waals surface area contributed by atoms with E-state index in [0.717, 1.165) is 31.8 Å². The third kappa shape index (κ3) is 2.95. The summed E-state index contributed by atoms with van der Waals surface area (Å²) in [5.74, 6) is 0.743. The highest BCUT2D eigenvalue weighted by Gasteiger charge is 2.32. The van der Waals surface area contributed by atoms with Crippen molar-refractivity contribution in [3.05, 3.63) is 0 Å². The average molecular weight is 255 g/mol. The van der Waals surface area contributed by atoms with Crippen molar-refractivity contribution in [2.75, 3.05) is 32.8 Å². The van der Waals surface area contributed by atoms with Crippen LogP contribution in [0.4, 0.5) is 4.79 Å². The second-order valence-corrected chi connectivity index (χ2v) is 5.64. The van der Waals surface area contributed by atoms with Crippen molar-refractivity contribution in [1.82, 2.24) is 9.80 Å². The summed E-state index contributed by atoms with van der Waals surface area (Å²) >= 11 is 0. The van der Waals surface area contributed by atoms with E-state index in [1.54, 1.807) is 0 Å². The van der Waals surface area contributed by atoms with E-state index in [1.165, 1.54) is 0 Å². The van der Waals surface area contributed by atoms with Crippen molar-refractivity contribution in [2.24, 2.45) is 11.7 Å². The maximum atomic E-state index is 12.5. The third-order valence-electron chi connectivity index (χ3n) is 4.07. The Labute approximate surface area is 109 Å². The van der Waals surface area contributed by atoms with Gasteiger partial charge in [0.25, 0.3) is 0 Å². The normalized spacial score (nSPS) is 30.6. The zero-order valence-electron chi connectivity index (χ0n) is 11.5. The summed E-state index contributed by atoms with van der Waals surface area (Å²) in [6.07, 6.45) is 2.23. The van der Waals surface area contributed by atoms with Crippen molar-refractivity contribution in [1.29, 1.82) is 0 Å². The number of hydrogen-bond acceptors (Lipinski definition) is 3. The Balaban J connectivity index is 1.94. The van der Waals surface area contributed by atoms with Crippen LogP contribution in [0, 0.1) is 5.92 Å². The van der Waals surface area contributed by atoms with Crippen LogP contribution in [-0.2, 0) is 4.74 Å². The number of rotatable bonds is 1. The number of nitrogens with zero attached hydrogens (tertiary/aromatic N) is 2. The van der Waals surface area contributed by atoms with Crippen molar-refractivity contribution < 1.29 is 9.53 Å². The van der Waals surface area contributed by atoms with Crippen LogP contribution in [0.1, 0.15) is 26.7 Å². The molecule has 0 aromatic heterocycles. The predicted molar refractivity (Wildman–Crippen MR) is 70.3 cm³/mol. The first-order chi connectivity index (χ1) is 8.61. The van der Waals surface area contributed by atoms with Crippen LogP contribution in [0.5, 0.6) is 0 Å². The standard InChI is InChI=1S/C13H25N3O2/c1-10-3-5-15(6-4-10)13(17)16-8-12(7-14)18-9-11(16)2/h10-12H,3-9,14H2,1-2H3. The van der Waals surface area contributed by atoms with E-state index >= 15 is 0 Å². The summed E-state index contributed by atoms with van der Waals surface area (Å²) in [7, 11) is 0. The molecule has 0 saturated carbocycles. The van der Waals surface area contributed by atoms with E-state index in [4.69, 9.17) is 10.5 Å². The van der Waals surface area contributed by atoms with Crippen molar-refractivity contribution in [2.45, 2.75) is 38.8 Å². The van der Waals surface area contributed by atoms with Gasteiger partial charge in [-0.25, -0.2) is 4.79 Å². The SMILES string of the molecule is CC1CCN(C(=O)N2CC(CN)OCC2C)CC1. The van der Waals surface area contributed by atoms with Gasteiger partial charge in [0, 0.05) is 19.6 Å². The fraction of sp³-hybridized carbons (Fsp3) is 0.923. The maximum absolute atomic E-state index is 12.5. The number of hydrogen-bond donors (Lipinski definition) is 1. The molecule has 0 aliphatic carbocycles. The highest BCUT2D eigenvalue weighted by Crippen LogP contribution is 2.20. The Morgan fingerprint density at radius 1 is 1.33 bits per heavy atom. The highest BCUT2D eigenvalue weighted by atomic mass is 16.5. The zero-order chi connectivity index (χ0) is 13.1. The van der Waals surface area contributed by atoms with Crippen molar-refractivity contribution in [3.63, 3.8) is 0 Å². The molecule has 2 unspecified atom stereocenters. The van der Waals surface area contributed by atoms with Crippen LogP contribution in [0.2, 0.25) is 0 Å². The van der Waals surface area contributed by atoms with E-state index in [2.05, 4.69) is 6.92 Å². The Hall–Kier alpha value is -0.810. The van der Waals surface area contributed by atoms with Gasteiger partial charge in [-0.1, -0.05) is 6.92 Å². The monoisotopic (exact) mass is 255 g/mol. The lowest BCUT2D eigenvalue weighted by atomic mass is 9.99. The van der Waals surface area contributed by atoms with E-state index < -0.39 is 0 Å². The van der Waals surface area contributed by atoms with E-state index in [-0.39, 0.29) is 18.2 Å². The number of urea groups is 1. The van der Waals surface area contributed by atoms with Crippen LogP contribution in [-0.4, -0.2) is 60.8 Å². The molecule has 2 atom stereocenters. The molecule has 0 spiro atoms. The summed E-state index contributed by atoms with van der Waals surface area (Å²) in [4.78, 5) is 16.4. The maximum Gasteiger partial charge on any atom is 0.320 e. The molecule has 0 aromatic carbocycles.